The van der Waals surface area contributed by atoms with Gasteiger partial charge in [-0.2, -0.15) is 0 Å². The summed E-state index contributed by atoms with van der Waals surface area (Å²) in [7, 11) is 3.29. The SMILES string of the molecule is COc1cc2c(cc1OC)CCN(C(=O)c1sc(C)nc1C)CC2. The number of hydrogen-bond acceptors (Lipinski definition) is 5. The van der Waals surface area contributed by atoms with Gasteiger partial charge in [0.2, 0.25) is 0 Å². The number of amides is 1. The Morgan fingerprint density at radius 2 is 1.62 bits per heavy atom. The first-order valence-electron chi connectivity index (χ1n) is 8.00. The van der Waals surface area contributed by atoms with E-state index in [1.165, 1.54) is 22.5 Å². The summed E-state index contributed by atoms with van der Waals surface area (Å²) < 4.78 is 10.8. The highest BCUT2D eigenvalue weighted by Gasteiger charge is 2.24. The number of hydrogen-bond donors (Lipinski definition) is 0. The molecule has 1 aromatic carbocycles. The second-order valence-corrected chi connectivity index (χ2v) is 7.12. The van der Waals surface area contributed by atoms with Gasteiger partial charge in [0.15, 0.2) is 11.5 Å². The summed E-state index contributed by atoms with van der Waals surface area (Å²) in [6, 6.07) is 4.06. The maximum Gasteiger partial charge on any atom is 0.265 e. The fourth-order valence-corrected chi connectivity index (χ4v) is 4.02. The summed E-state index contributed by atoms with van der Waals surface area (Å²) in [6.45, 7) is 5.25. The topological polar surface area (TPSA) is 51.7 Å². The molecule has 2 heterocycles. The number of methoxy groups -OCH3 is 2. The van der Waals surface area contributed by atoms with Gasteiger partial charge in [0.05, 0.1) is 24.9 Å². The summed E-state index contributed by atoms with van der Waals surface area (Å²) in [5.74, 6) is 1.57. The minimum absolute atomic E-state index is 0.0878. The summed E-state index contributed by atoms with van der Waals surface area (Å²) >= 11 is 1.48. The molecule has 0 atom stereocenters. The number of rotatable bonds is 3. The highest BCUT2D eigenvalue weighted by atomic mass is 32.1. The van der Waals surface area contributed by atoms with Gasteiger partial charge in [0, 0.05) is 13.1 Å². The van der Waals surface area contributed by atoms with Crippen LogP contribution in [0.1, 0.15) is 31.5 Å². The van der Waals surface area contributed by atoms with Gasteiger partial charge in [-0.25, -0.2) is 4.98 Å². The number of nitrogens with zero attached hydrogens (tertiary/aromatic N) is 2. The van der Waals surface area contributed by atoms with Crippen molar-refractivity contribution in [1.29, 1.82) is 0 Å². The summed E-state index contributed by atoms with van der Waals surface area (Å²) in [4.78, 5) is 19.9. The van der Waals surface area contributed by atoms with Crippen molar-refractivity contribution in [3.63, 3.8) is 0 Å². The molecule has 0 spiro atoms. The number of thiazole rings is 1. The van der Waals surface area contributed by atoms with Gasteiger partial charge >= 0.3 is 0 Å². The summed E-state index contributed by atoms with van der Waals surface area (Å²) in [5.41, 5.74) is 3.27. The molecule has 3 rings (SSSR count). The Morgan fingerprint density at radius 1 is 1.08 bits per heavy atom. The molecule has 1 amide bonds. The summed E-state index contributed by atoms with van der Waals surface area (Å²) in [6.07, 6.45) is 1.64. The van der Waals surface area contributed by atoms with Crippen LogP contribution in [0, 0.1) is 13.8 Å². The first-order chi connectivity index (χ1) is 11.5. The third-order valence-corrected chi connectivity index (χ3v) is 5.45. The van der Waals surface area contributed by atoms with E-state index in [1.54, 1.807) is 14.2 Å². The Hall–Kier alpha value is -2.08. The predicted molar refractivity (Wildman–Crippen MR) is 94.4 cm³/mol. The monoisotopic (exact) mass is 346 g/mol. The van der Waals surface area contributed by atoms with E-state index in [-0.39, 0.29) is 5.91 Å². The van der Waals surface area contributed by atoms with E-state index in [0.29, 0.717) is 13.1 Å². The van der Waals surface area contributed by atoms with Crippen LogP contribution in [-0.4, -0.2) is 43.1 Å². The molecule has 0 radical (unpaired) electrons. The van der Waals surface area contributed by atoms with Crippen LogP contribution in [0.4, 0.5) is 0 Å². The zero-order chi connectivity index (χ0) is 17.3. The number of ether oxygens (including phenoxy) is 2. The van der Waals surface area contributed by atoms with Crippen molar-refractivity contribution in [1.82, 2.24) is 9.88 Å². The number of carbonyl (C=O) groups excluding carboxylic acids is 1. The minimum Gasteiger partial charge on any atom is -0.493 e. The van der Waals surface area contributed by atoms with Crippen molar-refractivity contribution < 1.29 is 14.3 Å². The lowest BCUT2D eigenvalue weighted by Gasteiger charge is -2.19. The average Bonchev–Trinajstić information content (AvgIpc) is 2.80. The second-order valence-electron chi connectivity index (χ2n) is 5.92. The Kier molecular flexibility index (Phi) is 4.76. The van der Waals surface area contributed by atoms with Crippen LogP contribution in [0.15, 0.2) is 12.1 Å². The third-order valence-electron chi connectivity index (χ3n) is 4.39. The Bertz CT molecular complexity index is 735. The lowest BCUT2D eigenvalue weighted by atomic mass is 10.0. The maximum atomic E-state index is 12.8. The molecule has 0 unspecified atom stereocenters. The molecule has 1 aliphatic heterocycles. The van der Waals surface area contributed by atoms with Crippen molar-refractivity contribution >= 4 is 17.2 Å². The molecule has 1 aliphatic rings. The Labute approximate surface area is 146 Å². The van der Waals surface area contributed by atoms with Gasteiger partial charge in [0.25, 0.3) is 5.91 Å². The van der Waals surface area contributed by atoms with E-state index in [1.807, 2.05) is 30.9 Å². The number of aromatic nitrogens is 1. The fraction of sp³-hybridized carbons (Fsp3) is 0.444. The molecule has 0 fully saturated rings. The zero-order valence-corrected chi connectivity index (χ0v) is 15.3. The summed E-state index contributed by atoms with van der Waals surface area (Å²) in [5, 5.41) is 0.934. The van der Waals surface area contributed by atoms with Crippen molar-refractivity contribution in [2.45, 2.75) is 26.7 Å². The first-order valence-corrected chi connectivity index (χ1v) is 8.82. The largest absolute Gasteiger partial charge is 0.493 e. The lowest BCUT2D eigenvalue weighted by molar-refractivity contribution is 0.0767. The highest BCUT2D eigenvalue weighted by molar-refractivity contribution is 7.13. The van der Waals surface area contributed by atoms with Gasteiger partial charge in [-0.1, -0.05) is 0 Å². The molecule has 0 N–H and O–H groups in total. The van der Waals surface area contributed by atoms with Crippen molar-refractivity contribution in [3.05, 3.63) is 38.8 Å². The van der Waals surface area contributed by atoms with E-state index in [9.17, 15) is 4.79 Å². The second kappa shape index (κ2) is 6.81. The zero-order valence-electron chi connectivity index (χ0n) is 14.5. The Balaban J connectivity index is 1.83. The molecule has 128 valence electrons. The molecule has 0 bridgehead atoms. The van der Waals surface area contributed by atoms with Gasteiger partial charge in [0.1, 0.15) is 4.88 Å². The van der Waals surface area contributed by atoms with Crippen LogP contribution >= 0.6 is 11.3 Å². The molecule has 0 saturated heterocycles. The maximum absolute atomic E-state index is 12.8. The van der Waals surface area contributed by atoms with Gasteiger partial charge in [-0.05, 0) is 49.9 Å². The van der Waals surface area contributed by atoms with E-state index in [4.69, 9.17) is 9.47 Å². The van der Waals surface area contributed by atoms with Crippen LogP contribution in [-0.2, 0) is 12.8 Å². The lowest BCUT2D eigenvalue weighted by Crippen LogP contribution is -2.33. The normalized spacial score (nSPS) is 14.1. The van der Waals surface area contributed by atoms with Gasteiger partial charge in [-0.15, -0.1) is 11.3 Å². The molecule has 5 nitrogen and oxygen atoms in total. The number of benzene rings is 1. The molecule has 2 aromatic rings. The Morgan fingerprint density at radius 3 is 2.04 bits per heavy atom. The quantitative estimate of drug-likeness (QED) is 0.857. The fourth-order valence-electron chi connectivity index (χ4n) is 3.13. The van der Waals surface area contributed by atoms with Crippen LogP contribution in [0.5, 0.6) is 11.5 Å². The first kappa shape index (κ1) is 16.8. The standard InChI is InChI=1S/C18H22N2O3S/c1-11-17(24-12(2)19-11)18(21)20-7-5-13-9-15(22-3)16(23-4)10-14(13)6-8-20/h9-10H,5-8H2,1-4H3. The van der Waals surface area contributed by atoms with Gasteiger partial charge in [-0.3, -0.25) is 4.79 Å². The molecule has 0 aliphatic carbocycles. The van der Waals surface area contributed by atoms with Crippen molar-refractivity contribution in [2.24, 2.45) is 0 Å². The van der Waals surface area contributed by atoms with Crippen LogP contribution < -0.4 is 9.47 Å². The highest BCUT2D eigenvalue weighted by Crippen LogP contribution is 2.32. The predicted octanol–water partition coefficient (Wildman–Crippen LogP) is 3.02. The van der Waals surface area contributed by atoms with Crippen molar-refractivity contribution in [3.8, 4) is 11.5 Å². The van der Waals surface area contributed by atoms with E-state index in [2.05, 4.69) is 4.98 Å². The number of aryl methyl sites for hydroxylation is 2. The molecule has 0 saturated carbocycles. The van der Waals surface area contributed by atoms with Crippen LogP contribution in [0.25, 0.3) is 0 Å². The minimum atomic E-state index is 0.0878. The third kappa shape index (κ3) is 3.11. The molecule has 1 aromatic heterocycles. The smallest absolute Gasteiger partial charge is 0.265 e. The molecule has 6 heteroatoms. The molecular formula is C18H22N2O3S. The number of fused-ring (bicyclic) bond motifs is 1. The average molecular weight is 346 g/mol. The van der Waals surface area contributed by atoms with Crippen molar-refractivity contribution in [2.75, 3.05) is 27.3 Å². The number of carbonyl (C=O) groups is 1. The molecular weight excluding hydrogens is 324 g/mol. The van der Waals surface area contributed by atoms with E-state index in [0.717, 1.165) is 39.9 Å². The van der Waals surface area contributed by atoms with Gasteiger partial charge < -0.3 is 14.4 Å². The van der Waals surface area contributed by atoms with E-state index < -0.39 is 0 Å². The molecule has 24 heavy (non-hydrogen) atoms. The van der Waals surface area contributed by atoms with Crippen LogP contribution in [0.2, 0.25) is 0 Å². The van der Waals surface area contributed by atoms with E-state index >= 15 is 0 Å². The van der Waals surface area contributed by atoms with Crippen LogP contribution in [0.3, 0.4) is 0 Å².